The number of esters is 1. The summed E-state index contributed by atoms with van der Waals surface area (Å²) < 4.78 is 4.97. The quantitative estimate of drug-likeness (QED) is 0.323. The lowest BCUT2D eigenvalue weighted by molar-refractivity contribution is -0.171. The molecule has 0 aliphatic carbocycles. The number of hydrogen-bond donors (Lipinski definition) is 2. The predicted molar refractivity (Wildman–Crippen MR) is 84.0 cm³/mol. The Bertz CT molecular complexity index is 403. The molecule has 0 bridgehead atoms. The average Bonchev–Trinajstić information content (AvgIpc) is 2.83. The van der Waals surface area contributed by atoms with E-state index in [0.29, 0.717) is 6.42 Å². The summed E-state index contributed by atoms with van der Waals surface area (Å²) in [4.78, 5) is 34.0. The normalized spacial score (nSPS) is 19.5. The van der Waals surface area contributed by atoms with Crippen LogP contribution in [0, 0.1) is 5.41 Å². The van der Waals surface area contributed by atoms with Crippen molar-refractivity contribution in [3.05, 3.63) is 0 Å². The second kappa shape index (κ2) is 9.53. The summed E-state index contributed by atoms with van der Waals surface area (Å²) in [5, 5.41) is 18.1. The van der Waals surface area contributed by atoms with E-state index in [1.54, 1.807) is 0 Å². The first-order chi connectivity index (χ1) is 10.9. The zero-order chi connectivity index (χ0) is 17.3. The molecule has 1 saturated heterocycles. The molecule has 23 heavy (non-hydrogen) atoms. The molecule has 1 unspecified atom stereocenters. The van der Waals surface area contributed by atoms with Gasteiger partial charge < -0.3 is 14.9 Å². The fourth-order valence-corrected chi connectivity index (χ4v) is 3.00. The van der Waals surface area contributed by atoms with Gasteiger partial charge in [-0.1, -0.05) is 58.3 Å². The fourth-order valence-electron chi connectivity index (χ4n) is 3.00. The first-order valence-corrected chi connectivity index (χ1v) is 8.63. The molecule has 1 atom stereocenters. The Hall–Kier alpha value is -1.59. The molecule has 1 aliphatic rings. The summed E-state index contributed by atoms with van der Waals surface area (Å²) >= 11 is 0. The Morgan fingerprint density at radius 3 is 1.91 bits per heavy atom. The number of carbonyl (C=O) groups is 3. The largest absolute Gasteiger partial charge is 0.480 e. The van der Waals surface area contributed by atoms with Gasteiger partial charge in [-0.05, 0) is 12.8 Å². The van der Waals surface area contributed by atoms with E-state index in [-0.39, 0.29) is 6.42 Å². The zero-order valence-electron chi connectivity index (χ0n) is 13.9. The van der Waals surface area contributed by atoms with E-state index < -0.39 is 29.4 Å². The fraction of sp³-hybridized carbons (Fsp3) is 0.824. The summed E-state index contributed by atoms with van der Waals surface area (Å²) in [6, 6.07) is 0. The van der Waals surface area contributed by atoms with E-state index >= 15 is 0 Å². The van der Waals surface area contributed by atoms with Crippen molar-refractivity contribution in [3.63, 3.8) is 0 Å². The molecular weight excluding hydrogens is 300 g/mol. The van der Waals surface area contributed by atoms with Gasteiger partial charge in [0.25, 0.3) is 5.41 Å². The molecule has 1 fully saturated rings. The number of carboxylic acids is 2. The first kappa shape index (κ1) is 19.5. The van der Waals surface area contributed by atoms with Crippen LogP contribution >= 0.6 is 0 Å². The van der Waals surface area contributed by atoms with Gasteiger partial charge in [-0.25, -0.2) is 0 Å². The predicted octanol–water partition coefficient (Wildman–Crippen LogP) is 3.38. The third kappa shape index (κ3) is 5.22. The molecular formula is C17H28O6. The SMILES string of the molecule is CCCCCCCCCCCC1CC(C(=O)O)(C(=O)O)C(=O)O1. The minimum absolute atomic E-state index is 0.270. The minimum Gasteiger partial charge on any atom is -0.480 e. The van der Waals surface area contributed by atoms with E-state index in [0.717, 1.165) is 19.3 Å². The van der Waals surface area contributed by atoms with Crippen molar-refractivity contribution >= 4 is 17.9 Å². The molecule has 0 aromatic carbocycles. The Labute approximate surface area is 137 Å². The maximum absolute atomic E-state index is 11.7. The Morgan fingerprint density at radius 2 is 1.48 bits per heavy atom. The molecule has 132 valence electrons. The highest BCUT2D eigenvalue weighted by Crippen LogP contribution is 2.37. The summed E-state index contributed by atoms with van der Waals surface area (Å²) in [7, 11) is 0. The number of ether oxygens (including phenoxy) is 1. The molecule has 1 rings (SSSR count). The van der Waals surface area contributed by atoms with Crippen molar-refractivity contribution in [2.75, 3.05) is 0 Å². The van der Waals surface area contributed by atoms with Gasteiger partial charge in [0.05, 0.1) is 0 Å². The van der Waals surface area contributed by atoms with Gasteiger partial charge in [-0.3, -0.25) is 14.4 Å². The highest BCUT2D eigenvalue weighted by molar-refractivity contribution is 6.17. The van der Waals surface area contributed by atoms with Crippen LogP contribution in [0.25, 0.3) is 0 Å². The van der Waals surface area contributed by atoms with Crippen molar-refractivity contribution in [2.45, 2.75) is 83.7 Å². The molecule has 2 N–H and O–H groups in total. The molecule has 0 aromatic heterocycles. The Morgan fingerprint density at radius 1 is 1.00 bits per heavy atom. The summed E-state index contributed by atoms with van der Waals surface area (Å²) in [6.45, 7) is 2.19. The van der Waals surface area contributed by atoms with Crippen LogP contribution in [0.3, 0.4) is 0 Å². The molecule has 0 amide bonds. The molecule has 1 heterocycles. The summed E-state index contributed by atoms with van der Waals surface area (Å²) in [6.07, 6.45) is 10.1. The third-order valence-electron chi connectivity index (χ3n) is 4.52. The smallest absolute Gasteiger partial charge is 0.335 e. The van der Waals surface area contributed by atoms with E-state index in [1.807, 2.05) is 0 Å². The Kier molecular flexibility index (Phi) is 8.06. The lowest BCUT2D eigenvalue weighted by atomic mass is 9.84. The Balaban J connectivity index is 2.21. The lowest BCUT2D eigenvalue weighted by Crippen LogP contribution is -2.43. The number of carbonyl (C=O) groups excluding carboxylic acids is 1. The van der Waals surface area contributed by atoms with Crippen molar-refractivity contribution in [1.29, 1.82) is 0 Å². The molecule has 1 aliphatic heterocycles. The number of cyclic esters (lactones) is 1. The van der Waals surface area contributed by atoms with Crippen LogP contribution in [0.15, 0.2) is 0 Å². The van der Waals surface area contributed by atoms with Crippen LogP contribution in [0.1, 0.15) is 77.6 Å². The second-order valence-corrected chi connectivity index (χ2v) is 6.36. The van der Waals surface area contributed by atoms with Crippen LogP contribution < -0.4 is 0 Å². The van der Waals surface area contributed by atoms with Gasteiger partial charge in [-0.15, -0.1) is 0 Å². The number of hydrogen-bond acceptors (Lipinski definition) is 4. The van der Waals surface area contributed by atoms with Gasteiger partial charge in [0.15, 0.2) is 0 Å². The van der Waals surface area contributed by atoms with Gasteiger partial charge in [0.2, 0.25) is 0 Å². The van der Waals surface area contributed by atoms with Crippen LogP contribution in [0.4, 0.5) is 0 Å². The van der Waals surface area contributed by atoms with Gasteiger partial charge in [-0.2, -0.15) is 0 Å². The van der Waals surface area contributed by atoms with Gasteiger partial charge in [0.1, 0.15) is 6.10 Å². The maximum atomic E-state index is 11.7. The number of rotatable bonds is 12. The molecule has 0 aromatic rings. The van der Waals surface area contributed by atoms with Crippen molar-refractivity contribution in [1.82, 2.24) is 0 Å². The molecule has 0 radical (unpaired) electrons. The van der Waals surface area contributed by atoms with Gasteiger partial charge in [0, 0.05) is 6.42 Å². The topological polar surface area (TPSA) is 101 Å². The number of aliphatic carboxylic acids is 2. The van der Waals surface area contributed by atoms with E-state index in [9.17, 15) is 14.4 Å². The maximum Gasteiger partial charge on any atom is 0.335 e. The average molecular weight is 328 g/mol. The molecule has 6 nitrogen and oxygen atoms in total. The number of carboxylic acid groups (broad SMARTS) is 2. The summed E-state index contributed by atoms with van der Waals surface area (Å²) in [5.41, 5.74) is -2.41. The van der Waals surface area contributed by atoms with E-state index in [4.69, 9.17) is 14.9 Å². The monoisotopic (exact) mass is 328 g/mol. The highest BCUT2D eigenvalue weighted by Gasteiger charge is 2.61. The molecule has 6 heteroatoms. The molecule has 0 spiro atoms. The van der Waals surface area contributed by atoms with Crippen LogP contribution in [0.5, 0.6) is 0 Å². The van der Waals surface area contributed by atoms with Crippen LogP contribution in [0.2, 0.25) is 0 Å². The third-order valence-corrected chi connectivity index (χ3v) is 4.52. The highest BCUT2D eigenvalue weighted by atomic mass is 16.6. The second-order valence-electron chi connectivity index (χ2n) is 6.36. The zero-order valence-corrected chi connectivity index (χ0v) is 13.9. The van der Waals surface area contributed by atoms with E-state index in [1.165, 1.54) is 38.5 Å². The molecule has 0 saturated carbocycles. The van der Waals surface area contributed by atoms with Crippen LogP contribution in [-0.2, 0) is 19.1 Å². The minimum atomic E-state index is -2.41. The van der Waals surface area contributed by atoms with Crippen molar-refractivity contribution < 1.29 is 29.3 Å². The van der Waals surface area contributed by atoms with Crippen molar-refractivity contribution in [2.24, 2.45) is 5.41 Å². The lowest BCUT2D eigenvalue weighted by Gasteiger charge is -2.13. The summed E-state index contributed by atoms with van der Waals surface area (Å²) in [5.74, 6) is -4.41. The van der Waals surface area contributed by atoms with Crippen molar-refractivity contribution in [3.8, 4) is 0 Å². The van der Waals surface area contributed by atoms with E-state index in [2.05, 4.69) is 6.92 Å². The standard InChI is InChI=1S/C17H28O6/c1-2-3-4-5-6-7-8-9-10-11-13-12-17(14(18)19,15(20)21)16(22)23-13/h13H,2-12H2,1H3,(H,18,19)(H,20,21). The van der Waals surface area contributed by atoms with Gasteiger partial charge >= 0.3 is 17.9 Å². The number of unbranched alkanes of at least 4 members (excludes halogenated alkanes) is 8. The first-order valence-electron chi connectivity index (χ1n) is 8.63. The van der Waals surface area contributed by atoms with Crippen LogP contribution in [-0.4, -0.2) is 34.2 Å².